The lowest BCUT2D eigenvalue weighted by molar-refractivity contribution is -0.334. The Morgan fingerprint density at radius 1 is 0.709 bits per heavy atom. The molecular formula is C59H87NO26. The van der Waals surface area contributed by atoms with Crippen LogP contribution in [0.25, 0.3) is 10.8 Å². The van der Waals surface area contributed by atoms with Crippen molar-refractivity contribution in [3.8, 4) is 17.2 Å². The predicted molar refractivity (Wildman–Crippen MR) is 296 cm³/mol. The van der Waals surface area contributed by atoms with Crippen LogP contribution < -0.4 is 4.74 Å². The first kappa shape index (κ1) is 67.4. The summed E-state index contributed by atoms with van der Waals surface area (Å²) in [6, 6.07) is 4.30. The monoisotopic (exact) mass is 1230 g/mol. The zero-order valence-corrected chi connectivity index (χ0v) is 50.8. The van der Waals surface area contributed by atoms with Crippen molar-refractivity contribution in [3.63, 3.8) is 0 Å². The average Bonchev–Trinajstić information content (AvgIpc) is 2.37. The van der Waals surface area contributed by atoms with Crippen LogP contribution in [0.15, 0.2) is 23.4 Å². The zero-order valence-electron chi connectivity index (χ0n) is 50.8. The zero-order chi connectivity index (χ0) is 63.0. The SMILES string of the molecule is CON=C(C(O)C(C)O)C(OC)C1Cc2cc3cc(OC4CC(OC(C)=O)C(OC5CC(O)C(OC)C(C)O5)C(C)O4)cc(O)c3c(O)c2C(=O)C1OC1CC(OC2CC(OC3CC(C)(O)C(OC(=O)C(C)C)C(C)O3)C(O)C(C)O2)C(O)C(C)O1. The number of benzene rings is 2. The van der Waals surface area contributed by atoms with Crippen LogP contribution in [-0.2, 0) is 82.4 Å². The van der Waals surface area contributed by atoms with E-state index in [1.165, 1.54) is 54.2 Å². The smallest absolute Gasteiger partial charge is 0.308 e. The highest BCUT2D eigenvalue weighted by atomic mass is 16.7. The average molecular weight is 1230 g/mol. The Kier molecular flexibility index (Phi) is 22.1. The highest BCUT2D eigenvalue weighted by Crippen LogP contribution is 2.46. The number of ether oxygens (including phenoxy) is 14. The number of carbonyl (C=O) groups is 3. The molecule has 6 aliphatic rings. The third-order valence-corrected chi connectivity index (χ3v) is 16.9. The van der Waals surface area contributed by atoms with Gasteiger partial charge in [0, 0.05) is 65.2 Å². The van der Waals surface area contributed by atoms with Crippen molar-refractivity contribution in [2.45, 2.75) is 255 Å². The number of hydrogen-bond donors (Lipinski definition) is 8. The molecule has 8 rings (SSSR count). The lowest BCUT2D eigenvalue weighted by atomic mass is 9.74. The van der Waals surface area contributed by atoms with Gasteiger partial charge in [-0.3, -0.25) is 14.4 Å². The second kappa shape index (κ2) is 28.1. The highest BCUT2D eigenvalue weighted by molar-refractivity contribution is 6.11. The summed E-state index contributed by atoms with van der Waals surface area (Å²) in [6.45, 7) is 15.7. The molecule has 0 amide bonds. The summed E-state index contributed by atoms with van der Waals surface area (Å²) in [5.74, 6) is -4.51. The molecule has 5 fully saturated rings. The number of fused-ring (bicyclic) bond motifs is 2. The van der Waals surface area contributed by atoms with Crippen LogP contribution in [0.3, 0.4) is 0 Å². The molecule has 0 aromatic heterocycles. The fraction of sp³-hybridized carbons (Fsp3) is 0.763. The molecule has 25 unspecified atom stereocenters. The van der Waals surface area contributed by atoms with Crippen LogP contribution in [0.4, 0.5) is 0 Å². The van der Waals surface area contributed by atoms with Crippen LogP contribution in [0, 0.1) is 11.8 Å². The Morgan fingerprint density at radius 3 is 1.85 bits per heavy atom. The van der Waals surface area contributed by atoms with Crippen molar-refractivity contribution in [2.24, 2.45) is 17.0 Å². The number of aromatic hydroxyl groups is 2. The van der Waals surface area contributed by atoms with Crippen LogP contribution in [-0.4, -0.2) is 233 Å². The molecule has 0 spiro atoms. The molecule has 27 heteroatoms. The van der Waals surface area contributed by atoms with Gasteiger partial charge in [-0.1, -0.05) is 19.0 Å². The van der Waals surface area contributed by atoms with Gasteiger partial charge < -0.3 is 112 Å². The normalized spacial score (nSPS) is 39.0. The summed E-state index contributed by atoms with van der Waals surface area (Å²) in [4.78, 5) is 45.3. The van der Waals surface area contributed by atoms with Crippen molar-refractivity contribution < 1.29 is 126 Å². The fourth-order valence-corrected chi connectivity index (χ4v) is 12.6. The molecule has 8 N–H and O–H groups in total. The molecule has 5 heterocycles. The summed E-state index contributed by atoms with van der Waals surface area (Å²) >= 11 is 0. The number of Topliss-reactive ketones (excluding diaryl/α,β-unsaturated/α-hetero) is 1. The number of carbonyl (C=O) groups excluding carboxylic acids is 3. The summed E-state index contributed by atoms with van der Waals surface area (Å²) in [7, 11) is 3.99. The van der Waals surface area contributed by atoms with E-state index in [1.807, 2.05) is 0 Å². The first-order chi connectivity index (χ1) is 40.5. The van der Waals surface area contributed by atoms with Gasteiger partial charge in [0.2, 0.25) is 6.29 Å². The molecule has 5 aliphatic heterocycles. The number of phenols is 2. The Hall–Kier alpha value is -4.50. The Bertz CT molecular complexity index is 2680. The van der Waals surface area contributed by atoms with E-state index in [9.17, 15) is 50.4 Å². The highest BCUT2D eigenvalue weighted by Gasteiger charge is 2.52. The van der Waals surface area contributed by atoms with E-state index in [-0.39, 0.29) is 71.9 Å². The second-order valence-corrected chi connectivity index (χ2v) is 24.0. The number of hydrogen-bond acceptors (Lipinski definition) is 27. The van der Waals surface area contributed by atoms with E-state index in [1.54, 1.807) is 54.5 Å². The Labute approximate surface area is 498 Å². The van der Waals surface area contributed by atoms with E-state index in [0.717, 1.165) is 0 Å². The number of oxime groups is 1. The molecule has 25 atom stereocenters. The maximum atomic E-state index is 15.3. The molecule has 2 aromatic rings. The fourth-order valence-electron chi connectivity index (χ4n) is 12.6. The first-order valence-electron chi connectivity index (χ1n) is 29.3. The molecule has 484 valence electrons. The number of ketones is 1. The van der Waals surface area contributed by atoms with E-state index in [2.05, 4.69) is 5.16 Å². The van der Waals surface area contributed by atoms with Crippen molar-refractivity contribution in [1.82, 2.24) is 0 Å². The van der Waals surface area contributed by atoms with E-state index in [0.29, 0.717) is 0 Å². The summed E-state index contributed by atoms with van der Waals surface area (Å²) < 4.78 is 85.1. The van der Waals surface area contributed by atoms with Gasteiger partial charge in [0.25, 0.3) is 0 Å². The standard InChI is InChI=1S/C59H87NO26/c1-23(2)58(70)86-57-29(8)79-44(22-59(57,10)71)83-38-19-42(75-25(4)50(38)67)82-37-20-43(76-26(5)49(37)66)85-56-34(55(73-12)47(60-74-13)48(65)24(3)61)16-32-14-31-15-33(17-35(63)45(31)51(68)46(32)52(56)69)81-41-21-39(80-30(9)62)54(28(7)78-41)84-40-18-36(64)53(72-11)27(6)77-40/h14-15,17,23-29,34,36-44,48-50,53-57,61,63-68,71H,16,18-22H2,1-13H3. The maximum absolute atomic E-state index is 15.3. The van der Waals surface area contributed by atoms with Gasteiger partial charge >= 0.3 is 11.9 Å². The topological polar surface area (TPSA) is 364 Å². The van der Waals surface area contributed by atoms with Crippen molar-refractivity contribution >= 4 is 34.2 Å². The van der Waals surface area contributed by atoms with Gasteiger partial charge in [-0.15, -0.1) is 0 Å². The molecule has 1 aliphatic carbocycles. The molecule has 27 nitrogen and oxygen atoms in total. The Balaban J connectivity index is 1.03. The summed E-state index contributed by atoms with van der Waals surface area (Å²) in [6.07, 6.45) is -24.6. The van der Waals surface area contributed by atoms with E-state index < -0.39 is 188 Å². The predicted octanol–water partition coefficient (Wildman–Crippen LogP) is 2.31. The number of nitrogens with zero attached hydrogens (tertiary/aromatic N) is 1. The maximum Gasteiger partial charge on any atom is 0.308 e. The van der Waals surface area contributed by atoms with Gasteiger partial charge in [-0.25, -0.2) is 0 Å². The number of methoxy groups -OCH3 is 2. The molecule has 0 radical (unpaired) electrons. The van der Waals surface area contributed by atoms with Gasteiger partial charge in [0.05, 0.1) is 71.8 Å². The lowest BCUT2D eigenvalue weighted by Gasteiger charge is -2.47. The van der Waals surface area contributed by atoms with Crippen molar-refractivity contribution in [1.29, 1.82) is 0 Å². The van der Waals surface area contributed by atoms with Crippen LogP contribution in [0.1, 0.15) is 117 Å². The van der Waals surface area contributed by atoms with Crippen molar-refractivity contribution in [3.05, 3.63) is 29.3 Å². The molecule has 2 aromatic carbocycles. The number of esters is 2. The van der Waals surface area contributed by atoms with Gasteiger partial charge in [0.1, 0.15) is 84.5 Å². The molecule has 0 bridgehead atoms. The number of rotatable bonds is 20. The summed E-state index contributed by atoms with van der Waals surface area (Å²) in [5, 5.41) is 95.0. The van der Waals surface area contributed by atoms with Crippen LogP contribution in [0.5, 0.6) is 17.2 Å². The lowest BCUT2D eigenvalue weighted by Crippen LogP contribution is -2.59. The van der Waals surface area contributed by atoms with Crippen molar-refractivity contribution in [2.75, 3.05) is 21.3 Å². The number of aliphatic hydroxyl groups excluding tert-OH is 5. The van der Waals surface area contributed by atoms with E-state index >= 15 is 4.79 Å². The van der Waals surface area contributed by atoms with Gasteiger partial charge in [0.15, 0.2) is 37.0 Å². The van der Waals surface area contributed by atoms with Gasteiger partial charge in [-0.05, 0) is 78.0 Å². The molecule has 0 saturated carbocycles. The largest absolute Gasteiger partial charge is 0.507 e. The van der Waals surface area contributed by atoms with Crippen LogP contribution in [0.2, 0.25) is 0 Å². The third kappa shape index (κ3) is 14.9. The van der Waals surface area contributed by atoms with Gasteiger partial charge in [-0.2, -0.15) is 0 Å². The number of aliphatic hydroxyl groups is 6. The Morgan fingerprint density at radius 2 is 1.28 bits per heavy atom. The minimum Gasteiger partial charge on any atom is -0.507 e. The molecule has 86 heavy (non-hydrogen) atoms. The quantitative estimate of drug-likeness (QED) is 0.0536. The van der Waals surface area contributed by atoms with Crippen LogP contribution >= 0.6 is 0 Å². The minimum absolute atomic E-state index is 0.0417. The summed E-state index contributed by atoms with van der Waals surface area (Å²) in [5.41, 5.74) is -1.75. The minimum atomic E-state index is -1.68. The molecule has 5 saturated heterocycles. The second-order valence-electron chi connectivity index (χ2n) is 24.0. The molecular weight excluding hydrogens is 1140 g/mol. The first-order valence-corrected chi connectivity index (χ1v) is 29.3. The number of phenolic OH excluding ortho intramolecular Hbond substituents is 2. The van der Waals surface area contributed by atoms with E-state index in [4.69, 9.17) is 71.2 Å². The third-order valence-electron chi connectivity index (χ3n) is 16.9.